The minimum atomic E-state index is -1.36. The number of carboxylic acids is 1. The molecule has 0 saturated carbocycles. The van der Waals surface area contributed by atoms with Crippen LogP contribution in [0.15, 0.2) is 0 Å². The van der Waals surface area contributed by atoms with Crippen molar-refractivity contribution in [2.45, 2.75) is 115 Å². The molecule has 0 bridgehead atoms. The Labute approximate surface area is 200 Å². The molecule has 0 aliphatic carbocycles. The van der Waals surface area contributed by atoms with Crippen molar-refractivity contribution < 1.29 is 54.4 Å². The first-order chi connectivity index (χ1) is 15.9. The van der Waals surface area contributed by atoms with E-state index in [4.69, 9.17) is 19.3 Å². The Morgan fingerprint density at radius 1 is 0.912 bits per heavy atom. The number of ether oxygens (including phenoxy) is 3. The van der Waals surface area contributed by atoms with Crippen molar-refractivity contribution in [2.75, 3.05) is 6.61 Å². The Morgan fingerprint density at radius 2 is 1.44 bits per heavy atom. The monoisotopic (exact) mass is 494 g/mol. The minimum absolute atomic E-state index is 0.0208. The zero-order chi connectivity index (χ0) is 26.0. The molecule has 1 aliphatic rings. The number of aliphatic carboxylic acids is 1. The molecule has 34 heavy (non-hydrogen) atoms. The molecule has 6 N–H and O–H groups in total. The van der Waals surface area contributed by atoms with E-state index in [0.29, 0.717) is 12.8 Å². The zero-order valence-corrected chi connectivity index (χ0v) is 20.4. The molecule has 0 amide bonds. The summed E-state index contributed by atoms with van der Waals surface area (Å²) in [6.45, 7) is 7.02. The number of aliphatic hydroxyl groups is 5. The third-order valence-electron chi connectivity index (χ3n) is 6.47. The normalized spacial score (nSPS) is 28.0. The van der Waals surface area contributed by atoms with Crippen molar-refractivity contribution in [3.63, 3.8) is 0 Å². The van der Waals surface area contributed by atoms with Gasteiger partial charge in [-0.05, 0) is 11.8 Å². The largest absolute Gasteiger partial charge is 0.481 e. The smallest absolute Gasteiger partial charge is 0.308 e. The van der Waals surface area contributed by atoms with Crippen LogP contribution in [0.4, 0.5) is 0 Å². The molecule has 1 aliphatic heterocycles. The molecule has 0 spiro atoms. The highest BCUT2D eigenvalue weighted by atomic mass is 16.7. The first-order valence-electron chi connectivity index (χ1n) is 12.0. The first-order valence-corrected chi connectivity index (χ1v) is 12.0. The first kappa shape index (κ1) is 30.7. The van der Waals surface area contributed by atoms with Crippen LogP contribution in [0.2, 0.25) is 0 Å². The number of carboxylic acid groups (broad SMARTS) is 1. The van der Waals surface area contributed by atoms with Crippen molar-refractivity contribution in [1.82, 2.24) is 0 Å². The highest BCUT2D eigenvalue weighted by Gasteiger charge is 2.44. The highest BCUT2D eigenvalue weighted by molar-refractivity contribution is 5.70. The van der Waals surface area contributed by atoms with Gasteiger partial charge in [-0.1, -0.05) is 40.5 Å². The van der Waals surface area contributed by atoms with Crippen LogP contribution in [0.3, 0.4) is 0 Å². The van der Waals surface area contributed by atoms with E-state index in [1.165, 1.54) is 0 Å². The number of hydrogen-bond donors (Lipinski definition) is 6. The second kappa shape index (κ2) is 14.9. The van der Waals surface area contributed by atoms with E-state index in [2.05, 4.69) is 0 Å². The third kappa shape index (κ3) is 9.73. The van der Waals surface area contributed by atoms with E-state index in [-0.39, 0.29) is 31.1 Å². The van der Waals surface area contributed by atoms with Gasteiger partial charge < -0.3 is 44.8 Å². The summed E-state index contributed by atoms with van der Waals surface area (Å²) >= 11 is 0. The molecule has 1 rings (SSSR count). The molecule has 1 saturated heterocycles. The van der Waals surface area contributed by atoms with Crippen molar-refractivity contribution in [1.29, 1.82) is 0 Å². The van der Waals surface area contributed by atoms with Crippen LogP contribution in [0, 0.1) is 11.8 Å². The molecule has 0 unspecified atom stereocenters. The maximum atomic E-state index is 12.5. The number of carbonyl (C=O) groups is 2. The summed E-state index contributed by atoms with van der Waals surface area (Å²) in [7, 11) is 0. The van der Waals surface area contributed by atoms with Crippen LogP contribution in [0.1, 0.15) is 66.2 Å². The van der Waals surface area contributed by atoms with Crippen LogP contribution in [-0.4, -0.2) is 98.2 Å². The zero-order valence-electron chi connectivity index (χ0n) is 20.4. The molecule has 11 heteroatoms. The number of hydrogen-bond acceptors (Lipinski definition) is 10. The van der Waals surface area contributed by atoms with E-state index in [0.717, 1.165) is 0 Å². The van der Waals surface area contributed by atoms with Crippen molar-refractivity contribution in [3.8, 4) is 0 Å². The quantitative estimate of drug-likeness (QED) is 0.161. The lowest BCUT2D eigenvalue weighted by Crippen LogP contribution is -2.39. The molecule has 1 heterocycles. The van der Waals surface area contributed by atoms with Gasteiger partial charge in [0.2, 0.25) is 0 Å². The lowest BCUT2D eigenvalue weighted by Gasteiger charge is -2.30. The average molecular weight is 495 g/mol. The average Bonchev–Trinajstić information content (AvgIpc) is 3.04. The van der Waals surface area contributed by atoms with Gasteiger partial charge in [0.15, 0.2) is 6.29 Å². The Kier molecular flexibility index (Phi) is 13.5. The molecule has 0 aromatic heterocycles. The lowest BCUT2D eigenvalue weighted by molar-refractivity contribution is -0.208. The highest BCUT2D eigenvalue weighted by Crippen LogP contribution is 2.28. The summed E-state index contributed by atoms with van der Waals surface area (Å²) in [5.41, 5.74) is 0. The van der Waals surface area contributed by atoms with Crippen LogP contribution in [-0.2, 0) is 23.8 Å². The Balaban J connectivity index is 2.71. The summed E-state index contributed by atoms with van der Waals surface area (Å²) in [6, 6.07) is 0. The van der Waals surface area contributed by atoms with Crippen LogP contribution < -0.4 is 0 Å². The van der Waals surface area contributed by atoms with Gasteiger partial charge in [0.25, 0.3) is 0 Å². The molecule has 1 fully saturated rings. The summed E-state index contributed by atoms with van der Waals surface area (Å²) in [5.74, 6) is -2.03. The molecule has 200 valence electrons. The lowest BCUT2D eigenvalue weighted by atomic mass is 9.94. The van der Waals surface area contributed by atoms with E-state index < -0.39 is 74.0 Å². The number of carbonyl (C=O) groups excluding carboxylic acids is 1. The van der Waals surface area contributed by atoms with E-state index in [1.807, 2.05) is 27.7 Å². The van der Waals surface area contributed by atoms with Gasteiger partial charge in [-0.15, -0.1) is 0 Å². The van der Waals surface area contributed by atoms with E-state index >= 15 is 0 Å². The van der Waals surface area contributed by atoms with Crippen molar-refractivity contribution in [2.24, 2.45) is 11.8 Å². The van der Waals surface area contributed by atoms with Gasteiger partial charge in [-0.2, -0.15) is 0 Å². The predicted octanol–water partition coefficient (Wildman–Crippen LogP) is 0.181. The second-order valence-electron chi connectivity index (χ2n) is 9.26. The minimum Gasteiger partial charge on any atom is -0.481 e. The topological polar surface area (TPSA) is 183 Å². The molecular weight excluding hydrogens is 452 g/mol. The Hall–Kier alpha value is -1.34. The van der Waals surface area contributed by atoms with E-state index in [1.54, 1.807) is 0 Å². The van der Waals surface area contributed by atoms with Gasteiger partial charge in [-0.3, -0.25) is 9.59 Å². The van der Waals surface area contributed by atoms with E-state index in [9.17, 15) is 35.1 Å². The fourth-order valence-electron chi connectivity index (χ4n) is 3.81. The summed E-state index contributed by atoms with van der Waals surface area (Å²) in [4.78, 5) is 23.3. The SMILES string of the molecule is CC[C@@H](C)[C@H](C[C@@H](O)CC(=O)O[C@@H](C[C@H](O)CC(=O)O)[C@@H](C)CC)O[C@@H]1O[C@H](CO)[C@H](O)[C@@H]1O. The fourth-order valence-corrected chi connectivity index (χ4v) is 3.81. The van der Waals surface area contributed by atoms with Crippen molar-refractivity contribution >= 4 is 11.9 Å². The maximum absolute atomic E-state index is 12.5. The fraction of sp³-hybridized carbons (Fsp3) is 0.913. The van der Waals surface area contributed by atoms with Gasteiger partial charge in [0.05, 0.1) is 37.8 Å². The summed E-state index contributed by atoms with van der Waals surface area (Å²) in [6.07, 6.45) is -7.89. The van der Waals surface area contributed by atoms with Crippen LogP contribution >= 0.6 is 0 Å². The van der Waals surface area contributed by atoms with Gasteiger partial charge >= 0.3 is 11.9 Å². The second-order valence-corrected chi connectivity index (χ2v) is 9.26. The molecule has 11 nitrogen and oxygen atoms in total. The maximum Gasteiger partial charge on any atom is 0.308 e. The van der Waals surface area contributed by atoms with Crippen molar-refractivity contribution in [3.05, 3.63) is 0 Å². The Bertz CT molecular complexity index is 616. The molecule has 10 atom stereocenters. The molecule has 0 radical (unpaired) electrons. The van der Waals surface area contributed by atoms with Gasteiger partial charge in [0.1, 0.15) is 24.4 Å². The number of rotatable bonds is 16. The predicted molar refractivity (Wildman–Crippen MR) is 120 cm³/mol. The van der Waals surface area contributed by atoms with Crippen LogP contribution in [0.5, 0.6) is 0 Å². The number of esters is 1. The molecule has 0 aromatic rings. The van der Waals surface area contributed by atoms with Gasteiger partial charge in [0, 0.05) is 12.8 Å². The molecular formula is C23H42O11. The standard InChI is InChI=1S/C23H42O11/c1-5-12(3)16(7-14(25)9-19(27)28)32-20(29)10-15(26)8-17(13(4)6-2)33-23-22(31)21(30)18(11-24)34-23/h12-18,21-26,30-31H,5-11H2,1-4H3,(H,27,28)/t12-,13+,14-,15+,16-,17-,18+,21-,22-,23+/m0/s1. The third-order valence-corrected chi connectivity index (χ3v) is 6.47. The Morgan fingerprint density at radius 3 is 1.94 bits per heavy atom. The molecule has 0 aromatic carbocycles. The van der Waals surface area contributed by atoms with Crippen LogP contribution in [0.25, 0.3) is 0 Å². The summed E-state index contributed by atoms with van der Waals surface area (Å²) in [5, 5.41) is 58.6. The summed E-state index contributed by atoms with van der Waals surface area (Å²) < 4.78 is 16.7. The van der Waals surface area contributed by atoms with Gasteiger partial charge in [-0.25, -0.2) is 0 Å². The number of aliphatic hydroxyl groups excluding tert-OH is 5.